The summed E-state index contributed by atoms with van der Waals surface area (Å²) >= 11 is 0. The maximum atomic E-state index is 12.3. The highest BCUT2D eigenvalue weighted by Crippen LogP contribution is 2.13. The van der Waals surface area contributed by atoms with Crippen molar-refractivity contribution in [2.24, 2.45) is 13.0 Å². The van der Waals surface area contributed by atoms with Gasteiger partial charge in [0.25, 0.3) is 0 Å². The van der Waals surface area contributed by atoms with Crippen molar-refractivity contribution in [3.8, 4) is 0 Å². The second-order valence-electron chi connectivity index (χ2n) is 8.01. The molecule has 1 saturated heterocycles. The molecule has 2 amide bonds. The number of carbonyl (C=O) groups is 1. The minimum atomic E-state index is -0.158. The van der Waals surface area contributed by atoms with E-state index < -0.39 is 0 Å². The Morgan fingerprint density at radius 2 is 1.85 bits per heavy atom. The molecule has 1 aliphatic heterocycles. The Labute approximate surface area is 158 Å². The molecule has 0 saturated carbocycles. The van der Waals surface area contributed by atoms with Crippen molar-refractivity contribution in [2.75, 3.05) is 45.1 Å². The van der Waals surface area contributed by atoms with Gasteiger partial charge in [0.1, 0.15) is 5.82 Å². The minimum Gasteiger partial charge on any atom is -0.335 e. The molecule has 7 nitrogen and oxygen atoms in total. The van der Waals surface area contributed by atoms with Gasteiger partial charge < -0.3 is 15.1 Å². The van der Waals surface area contributed by atoms with Crippen LogP contribution >= 0.6 is 0 Å². The fourth-order valence-corrected chi connectivity index (χ4v) is 3.10. The van der Waals surface area contributed by atoms with Gasteiger partial charge in [0.15, 0.2) is 0 Å². The quantitative estimate of drug-likeness (QED) is 0.742. The first-order valence-electron chi connectivity index (χ1n) is 9.85. The molecule has 2 heterocycles. The number of amides is 2. The molecule has 148 valence electrons. The van der Waals surface area contributed by atoms with Crippen molar-refractivity contribution in [2.45, 2.75) is 46.1 Å². The highest BCUT2D eigenvalue weighted by atomic mass is 16.2. The lowest BCUT2D eigenvalue weighted by Crippen LogP contribution is -2.46. The van der Waals surface area contributed by atoms with Gasteiger partial charge in [-0.15, -0.1) is 0 Å². The average Bonchev–Trinajstić information content (AvgIpc) is 2.92. The third kappa shape index (κ3) is 6.96. The van der Waals surface area contributed by atoms with Crippen molar-refractivity contribution in [3.63, 3.8) is 0 Å². The summed E-state index contributed by atoms with van der Waals surface area (Å²) in [6.45, 7) is 12.0. The molecule has 2 N–H and O–H groups in total. The van der Waals surface area contributed by atoms with Crippen molar-refractivity contribution >= 4 is 11.8 Å². The summed E-state index contributed by atoms with van der Waals surface area (Å²) in [7, 11) is 4.03. The van der Waals surface area contributed by atoms with Crippen LogP contribution in [-0.4, -0.2) is 71.4 Å². The molecule has 0 aromatic carbocycles. The molecule has 2 rings (SSSR count). The van der Waals surface area contributed by atoms with E-state index in [0.717, 1.165) is 63.5 Å². The maximum Gasteiger partial charge on any atom is 0.320 e. The maximum absolute atomic E-state index is 12.3. The van der Waals surface area contributed by atoms with E-state index in [1.165, 1.54) is 0 Å². The summed E-state index contributed by atoms with van der Waals surface area (Å²) in [5.41, 5.74) is 1.03. The summed E-state index contributed by atoms with van der Waals surface area (Å²) in [6.07, 6.45) is 3.00. The second kappa shape index (κ2) is 9.92. The van der Waals surface area contributed by atoms with E-state index in [0.29, 0.717) is 5.92 Å². The summed E-state index contributed by atoms with van der Waals surface area (Å²) in [5, 5.41) is 10.4. The number of rotatable bonds is 8. The number of likely N-dealkylation sites (N-methyl/N-ethyl adjacent to an activating group) is 1. The fourth-order valence-electron chi connectivity index (χ4n) is 3.10. The van der Waals surface area contributed by atoms with E-state index in [2.05, 4.69) is 53.4 Å². The molecule has 1 unspecified atom stereocenters. The Hall–Kier alpha value is -1.60. The van der Waals surface area contributed by atoms with Crippen LogP contribution < -0.4 is 10.6 Å². The lowest BCUT2D eigenvalue weighted by Gasteiger charge is -2.32. The van der Waals surface area contributed by atoms with E-state index in [4.69, 9.17) is 0 Å². The van der Waals surface area contributed by atoms with Gasteiger partial charge in [-0.1, -0.05) is 13.8 Å². The first-order chi connectivity index (χ1) is 12.3. The fraction of sp³-hybridized carbons (Fsp3) is 0.789. The number of carbonyl (C=O) groups excluding carboxylic acids is 1. The topological polar surface area (TPSA) is 65.4 Å². The normalized spacial score (nSPS) is 17.5. The van der Waals surface area contributed by atoms with Crippen LogP contribution in [0.3, 0.4) is 0 Å². The molecule has 7 heteroatoms. The molecule has 1 atom stereocenters. The van der Waals surface area contributed by atoms with Crippen LogP contribution in [-0.2, 0) is 13.5 Å². The first kappa shape index (κ1) is 20.7. The number of urea groups is 1. The predicted molar refractivity (Wildman–Crippen MR) is 107 cm³/mol. The monoisotopic (exact) mass is 364 g/mol. The number of hydrogen-bond acceptors (Lipinski definition) is 4. The summed E-state index contributed by atoms with van der Waals surface area (Å²) < 4.78 is 1.74. The van der Waals surface area contributed by atoms with E-state index in [1.807, 2.05) is 13.1 Å². The zero-order valence-corrected chi connectivity index (χ0v) is 17.1. The van der Waals surface area contributed by atoms with Crippen molar-refractivity contribution in [1.29, 1.82) is 0 Å². The van der Waals surface area contributed by atoms with E-state index in [9.17, 15) is 4.79 Å². The SMILES string of the molecule is CC(C)CCc1cc(NC(=O)NC(C)CCN2CCN(C)CC2)n(C)n1. The lowest BCUT2D eigenvalue weighted by atomic mass is 10.1. The molecular formula is C19H36N6O. The Morgan fingerprint density at radius 3 is 2.50 bits per heavy atom. The smallest absolute Gasteiger partial charge is 0.320 e. The summed E-state index contributed by atoms with van der Waals surface area (Å²) in [4.78, 5) is 17.1. The molecule has 0 bridgehead atoms. The van der Waals surface area contributed by atoms with Crippen LogP contribution in [0.2, 0.25) is 0 Å². The molecule has 0 spiro atoms. The van der Waals surface area contributed by atoms with E-state index in [-0.39, 0.29) is 12.1 Å². The van der Waals surface area contributed by atoms with Gasteiger partial charge in [0.05, 0.1) is 5.69 Å². The third-order valence-electron chi connectivity index (χ3n) is 5.00. The number of piperazine rings is 1. The molecule has 1 fully saturated rings. The zero-order valence-electron chi connectivity index (χ0n) is 17.1. The molecule has 0 radical (unpaired) electrons. The first-order valence-corrected chi connectivity index (χ1v) is 9.85. The molecule has 26 heavy (non-hydrogen) atoms. The summed E-state index contributed by atoms with van der Waals surface area (Å²) in [5.74, 6) is 1.39. The van der Waals surface area contributed by atoms with Gasteiger partial charge >= 0.3 is 6.03 Å². The van der Waals surface area contributed by atoms with Crippen molar-refractivity contribution in [3.05, 3.63) is 11.8 Å². The third-order valence-corrected chi connectivity index (χ3v) is 5.00. The summed E-state index contributed by atoms with van der Waals surface area (Å²) in [6, 6.07) is 1.95. The average molecular weight is 365 g/mol. The largest absolute Gasteiger partial charge is 0.335 e. The molecule has 1 aromatic rings. The lowest BCUT2D eigenvalue weighted by molar-refractivity contribution is 0.150. The van der Waals surface area contributed by atoms with Crippen LogP contribution in [0.4, 0.5) is 10.6 Å². The highest BCUT2D eigenvalue weighted by Gasteiger charge is 2.16. The highest BCUT2D eigenvalue weighted by molar-refractivity contribution is 5.88. The van der Waals surface area contributed by atoms with Crippen molar-refractivity contribution in [1.82, 2.24) is 24.9 Å². The van der Waals surface area contributed by atoms with E-state index in [1.54, 1.807) is 4.68 Å². The van der Waals surface area contributed by atoms with Crippen LogP contribution in [0.15, 0.2) is 6.07 Å². The Bertz CT molecular complexity index is 562. The predicted octanol–water partition coefficient (Wildman–Crippen LogP) is 2.16. The number of aryl methyl sites for hydroxylation is 2. The van der Waals surface area contributed by atoms with Gasteiger partial charge in [-0.05, 0) is 39.2 Å². The number of hydrogen-bond donors (Lipinski definition) is 2. The minimum absolute atomic E-state index is 0.142. The van der Waals surface area contributed by atoms with E-state index >= 15 is 0 Å². The molecule has 1 aliphatic rings. The van der Waals surface area contributed by atoms with Gasteiger partial charge in [-0.25, -0.2) is 4.79 Å². The molecule has 0 aliphatic carbocycles. The second-order valence-corrected chi connectivity index (χ2v) is 8.01. The zero-order chi connectivity index (χ0) is 19.1. The van der Waals surface area contributed by atoms with Crippen LogP contribution in [0, 0.1) is 5.92 Å². The Kier molecular flexibility index (Phi) is 7.90. The van der Waals surface area contributed by atoms with Crippen LogP contribution in [0.5, 0.6) is 0 Å². The van der Waals surface area contributed by atoms with Crippen LogP contribution in [0.25, 0.3) is 0 Å². The van der Waals surface area contributed by atoms with Crippen LogP contribution in [0.1, 0.15) is 39.3 Å². The van der Waals surface area contributed by atoms with Gasteiger partial charge in [0.2, 0.25) is 0 Å². The molecular weight excluding hydrogens is 328 g/mol. The number of nitrogens with one attached hydrogen (secondary N) is 2. The number of anilines is 1. The standard InChI is InChI=1S/C19H36N6O/c1-15(2)6-7-17-14-18(24(5)22-17)21-19(26)20-16(3)8-9-25-12-10-23(4)11-13-25/h14-16H,6-13H2,1-5H3,(H2,20,21,26). The Balaban J connectivity index is 1.72. The van der Waals surface area contributed by atoms with Gasteiger partial charge in [-0.2, -0.15) is 5.10 Å². The molecule has 1 aromatic heterocycles. The number of nitrogens with zero attached hydrogens (tertiary/aromatic N) is 4. The van der Waals surface area contributed by atoms with Crippen molar-refractivity contribution < 1.29 is 4.79 Å². The Morgan fingerprint density at radius 1 is 1.15 bits per heavy atom. The van der Waals surface area contributed by atoms with Gasteiger partial charge in [0, 0.05) is 51.9 Å². The number of aromatic nitrogens is 2. The van der Waals surface area contributed by atoms with Gasteiger partial charge in [-0.3, -0.25) is 10.00 Å².